The van der Waals surface area contributed by atoms with Crippen LogP contribution < -0.4 is 29.1 Å². The number of carbonyl (C=O) groups excluding carboxylic acids is 1. The van der Waals surface area contributed by atoms with E-state index in [1.54, 1.807) is 43.3 Å². The van der Waals surface area contributed by atoms with Crippen molar-refractivity contribution in [2.45, 2.75) is 13.0 Å². The van der Waals surface area contributed by atoms with E-state index in [4.69, 9.17) is 23.9 Å². The van der Waals surface area contributed by atoms with Crippen molar-refractivity contribution >= 4 is 29.1 Å². The van der Waals surface area contributed by atoms with Crippen LogP contribution in [0.25, 0.3) is 11.8 Å². The van der Waals surface area contributed by atoms with Crippen molar-refractivity contribution in [1.82, 2.24) is 4.57 Å². The molecule has 0 bridgehead atoms. The molecule has 3 aromatic carbocycles. The summed E-state index contributed by atoms with van der Waals surface area (Å²) >= 11 is 1.19. The molecule has 0 fully saturated rings. The van der Waals surface area contributed by atoms with Gasteiger partial charge in [-0.2, -0.15) is 0 Å². The number of nitrogens with zero attached hydrogens (tertiary/aromatic N) is 2. The van der Waals surface area contributed by atoms with E-state index in [2.05, 4.69) is 0 Å². The third-order valence-electron chi connectivity index (χ3n) is 6.60. The lowest BCUT2D eigenvalue weighted by molar-refractivity contribution is -0.138. The third kappa shape index (κ3) is 5.21. The molecular formula is C31H28N2O7S. The summed E-state index contributed by atoms with van der Waals surface area (Å²) in [5.41, 5.74) is 2.22. The van der Waals surface area contributed by atoms with Gasteiger partial charge in [0.25, 0.3) is 5.56 Å². The number of aromatic hydroxyl groups is 1. The van der Waals surface area contributed by atoms with Gasteiger partial charge in [-0.05, 0) is 48.4 Å². The maximum absolute atomic E-state index is 14.0. The molecule has 1 atom stereocenters. The Morgan fingerprint density at radius 2 is 1.68 bits per heavy atom. The van der Waals surface area contributed by atoms with Gasteiger partial charge in [0.2, 0.25) is 0 Å². The summed E-state index contributed by atoms with van der Waals surface area (Å²) in [6, 6.07) is 18.6. The SMILES string of the molecule is CCOC(=O)C1=C(c2ccccc2)N=c2s/c(=C\c3ccc(OC)c(O)c3)c(=O)n2[C@H]1c1ccc(OC)c(OC)c1. The highest BCUT2D eigenvalue weighted by Gasteiger charge is 2.35. The summed E-state index contributed by atoms with van der Waals surface area (Å²) in [6.45, 7) is 1.88. The van der Waals surface area contributed by atoms with Crippen LogP contribution in [0.1, 0.15) is 29.7 Å². The number of esters is 1. The van der Waals surface area contributed by atoms with Crippen LogP contribution in [0.2, 0.25) is 0 Å². The largest absolute Gasteiger partial charge is 0.504 e. The fourth-order valence-corrected chi connectivity index (χ4v) is 5.73. The zero-order chi connectivity index (χ0) is 29.1. The maximum Gasteiger partial charge on any atom is 0.338 e. The standard InChI is InChI=1S/C31H28N2O7S/c1-5-40-30(36)26-27(19-9-7-6-8-10-19)32-31-33(28(26)20-12-14-23(38-3)24(17-20)39-4)29(35)25(41-31)16-18-11-13-22(37-2)21(34)15-18/h6-17,28,34H,5H2,1-4H3/b25-16-/t28-/m0/s1. The second kappa shape index (κ2) is 11.7. The number of methoxy groups -OCH3 is 3. The van der Waals surface area contributed by atoms with E-state index < -0.39 is 12.0 Å². The first kappa shape index (κ1) is 27.7. The van der Waals surface area contributed by atoms with Crippen molar-refractivity contribution in [3.63, 3.8) is 0 Å². The highest BCUT2D eigenvalue weighted by molar-refractivity contribution is 7.07. The molecule has 0 saturated carbocycles. The van der Waals surface area contributed by atoms with Crippen LogP contribution in [0.4, 0.5) is 0 Å². The first-order chi connectivity index (χ1) is 19.9. The molecule has 5 rings (SSSR count). The molecule has 210 valence electrons. The van der Waals surface area contributed by atoms with Crippen LogP contribution in [0.3, 0.4) is 0 Å². The number of fused-ring (bicyclic) bond motifs is 1. The number of thiazole rings is 1. The first-order valence-corrected chi connectivity index (χ1v) is 13.6. The predicted molar refractivity (Wildman–Crippen MR) is 155 cm³/mol. The number of phenols is 1. The van der Waals surface area contributed by atoms with Crippen molar-refractivity contribution in [3.8, 4) is 23.0 Å². The van der Waals surface area contributed by atoms with Gasteiger partial charge in [0.1, 0.15) is 0 Å². The molecule has 0 amide bonds. The number of hydrogen-bond acceptors (Lipinski definition) is 9. The fourth-order valence-electron chi connectivity index (χ4n) is 4.73. The number of carbonyl (C=O) groups is 1. The Kier molecular flexibility index (Phi) is 7.93. The minimum Gasteiger partial charge on any atom is -0.504 e. The Labute approximate surface area is 239 Å². The molecule has 1 aromatic heterocycles. The number of phenolic OH excluding ortho intramolecular Hbond substituents is 1. The van der Waals surface area contributed by atoms with Gasteiger partial charge in [-0.15, -0.1) is 0 Å². The van der Waals surface area contributed by atoms with Gasteiger partial charge in [-0.1, -0.05) is 53.8 Å². The molecule has 41 heavy (non-hydrogen) atoms. The van der Waals surface area contributed by atoms with Gasteiger partial charge in [0.05, 0.1) is 49.8 Å². The summed E-state index contributed by atoms with van der Waals surface area (Å²) in [5.74, 6) is 0.649. The summed E-state index contributed by atoms with van der Waals surface area (Å²) in [4.78, 5) is 32.9. The molecule has 1 aliphatic heterocycles. The van der Waals surface area contributed by atoms with Gasteiger partial charge in [0, 0.05) is 5.56 Å². The molecule has 0 unspecified atom stereocenters. The average molecular weight is 573 g/mol. The van der Waals surface area contributed by atoms with Crippen molar-refractivity contribution in [3.05, 3.63) is 109 Å². The van der Waals surface area contributed by atoms with Crippen molar-refractivity contribution in [1.29, 1.82) is 0 Å². The Balaban J connectivity index is 1.82. The van der Waals surface area contributed by atoms with Gasteiger partial charge in [-0.3, -0.25) is 9.36 Å². The molecule has 0 radical (unpaired) electrons. The average Bonchev–Trinajstić information content (AvgIpc) is 3.30. The van der Waals surface area contributed by atoms with Crippen LogP contribution >= 0.6 is 11.3 Å². The highest BCUT2D eigenvalue weighted by Crippen LogP contribution is 2.38. The predicted octanol–water partition coefficient (Wildman–Crippen LogP) is 3.67. The van der Waals surface area contributed by atoms with Crippen molar-refractivity contribution in [2.75, 3.05) is 27.9 Å². The molecule has 10 heteroatoms. The lowest BCUT2D eigenvalue weighted by atomic mass is 9.93. The Bertz CT molecular complexity index is 1820. The fraction of sp³-hybridized carbons (Fsp3) is 0.194. The Hall–Kier alpha value is -4.83. The summed E-state index contributed by atoms with van der Waals surface area (Å²) in [5, 5.41) is 10.3. The lowest BCUT2D eigenvalue weighted by Gasteiger charge is -2.26. The first-order valence-electron chi connectivity index (χ1n) is 12.8. The highest BCUT2D eigenvalue weighted by atomic mass is 32.1. The van der Waals surface area contributed by atoms with Crippen molar-refractivity contribution < 1.29 is 28.8 Å². The molecule has 1 N–H and O–H groups in total. The second-order valence-corrected chi connectivity index (χ2v) is 9.99. The van der Waals surface area contributed by atoms with E-state index in [-0.39, 0.29) is 23.5 Å². The van der Waals surface area contributed by atoms with E-state index in [9.17, 15) is 14.7 Å². The van der Waals surface area contributed by atoms with Crippen LogP contribution in [0.5, 0.6) is 23.0 Å². The van der Waals surface area contributed by atoms with E-state index in [0.29, 0.717) is 49.0 Å². The maximum atomic E-state index is 14.0. The molecule has 0 aliphatic carbocycles. The molecule has 9 nitrogen and oxygen atoms in total. The van der Waals surface area contributed by atoms with Gasteiger partial charge in [-0.25, -0.2) is 9.79 Å². The van der Waals surface area contributed by atoms with Gasteiger partial charge < -0.3 is 24.1 Å². The number of hydrogen-bond donors (Lipinski definition) is 1. The smallest absolute Gasteiger partial charge is 0.338 e. The van der Waals surface area contributed by atoms with Crippen LogP contribution in [0, 0.1) is 0 Å². The molecular weight excluding hydrogens is 544 g/mol. The third-order valence-corrected chi connectivity index (χ3v) is 7.58. The Morgan fingerprint density at radius 3 is 2.34 bits per heavy atom. The lowest BCUT2D eigenvalue weighted by Crippen LogP contribution is -2.40. The topological polar surface area (TPSA) is 109 Å². The van der Waals surface area contributed by atoms with Crippen molar-refractivity contribution in [2.24, 2.45) is 4.99 Å². The minimum atomic E-state index is -0.869. The second-order valence-electron chi connectivity index (χ2n) is 8.98. The molecule has 0 saturated heterocycles. The zero-order valence-corrected chi connectivity index (χ0v) is 23.7. The molecule has 0 spiro atoms. The monoisotopic (exact) mass is 572 g/mol. The quantitative estimate of drug-likeness (QED) is 0.321. The molecule has 4 aromatic rings. The van der Waals surface area contributed by atoms with Gasteiger partial charge in [0.15, 0.2) is 27.8 Å². The molecule has 1 aliphatic rings. The van der Waals surface area contributed by atoms with Gasteiger partial charge >= 0.3 is 5.97 Å². The molecule has 2 heterocycles. The number of ether oxygens (including phenoxy) is 4. The van der Waals surface area contributed by atoms with Crippen LogP contribution in [-0.4, -0.2) is 43.6 Å². The number of aromatic nitrogens is 1. The normalized spacial score (nSPS) is 14.7. The zero-order valence-electron chi connectivity index (χ0n) is 22.9. The summed E-state index contributed by atoms with van der Waals surface area (Å²) in [7, 11) is 4.52. The summed E-state index contributed by atoms with van der Waals surface area (Å²) in [6.07, 6.45) is 1.67. The number of rotatable bonds is 8. The van der Waals surface area contributed by atoms with E-state index in [0.717, 1.165) is 0 Å². The van der Waals surface area contributed by atoms with E-state index in [1.807, 2.05) is 30.3 Å². The van der Waals surface area contributed by atoms with Crippen LogP contribution in [-0.2, 0) is 9.53 Å². The summed E-state index contributed by atoms with van der Waals surface area (Å²) < 4.78 is 23.5. The minimum absolute atomic E-state index is 0.0480. The Morgan fingerprint density at radius 1 is 0.976 bits per heavy atom. The van der Waals surface area contributed by atoms with E-state index in [1.165, 1.54) is 43.3 Å². The van der Waals surface area contributed by atoms with E-state index >= 15 is 0 Å². The van der Waals surface area contributed by atoms with Crippen LogP contribution in [0.15, 0.2) is 82.1 Å². The number of benzene rings is 3.